The number of hydrogen-bond acceptors (Lipinski definition) is 0. The Balaban J connectivity index is 2.27. The van der Waals surface area contributed by atoms with Gasteiger partial charge >= 0.3 is 0 Å². The van der Waals surface area contributed by atoms with E-state index in [1.165, 1.54) is 23.1 Å². The summed E-state index contributed by atoms with van der Waals surface area (Å²) in [7, 11) is 0. The lowest BCUT2D eigenvalue weighted by Gasteiger charge is -2.58. The van der Waals surface area contributed by atoms with Crippen molar-refractivity contribution in [2.24, 2.45) is 5.41 Å². The molecule has 0 radical (unpaired) electrons. The molecule has 122 valence electrons. The van der Waals surface area contributed by atoms with Crippen LogP contribution >= 0.6 is 0 Å². The first-order valence-electron chi connectivity index (χ1n) is 8.94. The van der Waals surface area contributed by atoms with Gasteiger partial charge in [0.2, 0.25) is 0 Å². The Morgan fingerprint density at radius 3 is 2.48 bits per heavy atom. The molecule has 23 heavy (non-hydrogen) atoms. The molecular formula is C23H30. The molecule has 0 aliphatic heterocycles. The van der Waals surface area contributed by atoms with Crippen molar-refractivity contribution in [3.05, 3.63) is 64.8 Å². The Labute approximate surface area is 142 Å². The van der Waals surface area contributed by atoms with E-state index in [4.69, 9.17) is 0 Å². The van der Waals surface area contributed by atoms with Gasteiger partial charge in [-0.2, -0.15) is 0 Å². The van der Waals surface area contributed by atoms with Gasteiger partial charge in [-0.05, 0) is 60.3 Å². The van der Waals surface area contributed by atoms with E-state index in [0.29, 0.717) is 5.92 Å². The Kier molecular flexibility index (Phi) is 3.91. The minimum Gasteiger partial charge on any atom is -0.0845 e. The summed E-state index contributed by atoms with van der Waals surface area (Å²) < 4.78 is 0. The Hall–Kier alpha value is -1.56. The molecule has 1 aromatic carbocycles. The molecule has 2 unspecified atom stereocenters. The maximum Gasteiger partial charge on any atom is 0.00508 e. The van der Waals surface area contributed by atoms with Crippen LogP contribution in [0.1, 0.15) is 75.6 Å². The second kappa shape index (κ2) is 5.51. The number of benzene rings is 1. The second-order valence-corrected chi connectivity index (χ2v) is 8.29. The molecule has 0 heteroatoms. The summed E-state index contributed by atoms with van der Waals surface area (Å²) in [6.07, 6.45) is 13.5. The molecule has 0 fully saturated rings. The van der Waals surface area contributed by atoms with Crippen molar-refractivity contribution >= 4 is 5.57 Å². The summed E-state index contributed by atoms with van der Waals surface area (Å²) in [4.78, 5) is 0. The van der Waals surface area contributed by atoms with Crippen LogP contribution in [0.2, 0.25) is 0 Å². The Bertz CT molecular complexity index is 712. The summed E-state index contributed by atoms with van der Waals surface area (Å²) in [5, 5.41) is 0. The molecule has 2 atom stereocenters. The minimum absolute atomic E-state index is 0.247. The Morgan fingerprint density at radius 2 is 1.74 bits per heavy atom. The summed E-state index contributed by atoms with van der Waals surface area (Å²) in [6.45, 7) is 14.3. The average molecular weight is 306 g/mol. The maximum atomic E-state index is 2.50. The lowest BCUT2D eigenvalue weighted by molar-refractivity contribution is 0.107. The smallest absolute Gasteiger partial charge is 0.00508 e. The van der Waals surface area contributed by atoms with Crippen molar-refractivity contribution < 1.29 is 0 Å². The molecule has 0 spiro atoms. The summed E-state index contributed by atoms with van der Waals surface area (Å²) in [5.41, 5.74) is 7.93. The van der Waals surface area contributed by atoms with Crippen molar-refractivity contribution in [1.82, 2.24) is 0 Å². The van der Waals surface area contributed by atoms with Crippen LogP contribution in [-0.2, 0) is 5.41 Å². The van der Waals surface area contributed by atoms with Crippen LogP contribution in [-0.4, -0.2) is 0 Å². The molecule has 0 amide bonds. The highest BCUT2D eigenvalue weighted by Gasteiger charge is 2.55. The fourth-order valence-corrected chi connectivity index (χ4v) is 4.65. The van der Waals surface area contributed by atoms with E-state index in [1.54, 1.807) is 11.1 Å². The third-order valence-electron chi connectivity index (χ3n) is 6.64. The van der Waals surface area contributed by atoms with Crippen LogP contribution in [0.4, 0.5) is 0 Å². The number of rotatable bonds is 0. The van der Waals surface area contributed by atoms with Gasteiger partial charge in [-0.15, -0.1) is 0 Å². The molecular weight excluding hydrogens is 276 g/mol. The SMILES string of the molecule is C\C1=C/C=C\C=C\CCC(C)(C)C2(C)c3c1cc(C)cc3C2C. The molecule has 2 aliphatic rings. The normalized spacial score (nSPS) is 34.0. The van der Waals surface area contributed by atoms with E-state index in [1.807, 2.05) is 0 Å². The fraction of sp³-hybridized carbons (Fsp3) is 0.478. The summed E-state index contributed by atoms with van der Waals surface area (Å²) >= 11 is 0. The molecule has 0 N–H and O–H groups in total. The highest BCUT2D eigenvalue weighted by atomic mass is 14.6. The third kappa shape index (κ3) is 2.35. The lowest BCUT2D eigenvalue weighted by Crippen LogP contribution is -2.51. The number of hydrogen-bond donors (Lipinski definition) is 0. The van der Waals surface area contributed by atoms with Crippen molar-refractivity contribution in [2.45, 2.75) is 65.7 Å². The lowest BCUT2D eigenvalue weighted by atomic mass is 9.45. The van der Waals surface area contributed by atoms with Gasteiger partial charge in [-0.1, -0.05) is 75.8 Å². The van der Waals surface area contributed by atoms with Crippen molar-refractivity contribution in [1.29, 1.82) is 0 Å². The van der Waals surface area contributed by atoms with Crippen molar-refractivity contribution in [3.63, 3.8) is 0 Å². The van der Waals surface area contributed by atoms with E-state index in [2.05, 4.69) is 84.1 Å². The van der Waals surface area contributed by atoms with Crippen molar-refractivity contribution in [2.75, 3.05) is 0 Å². The van der Waals surface area contributed by atoms with Crippen LogP contribution in [0.25, 0.3) is 5.57 Å². The van der Waals surface area contributed by atoms with Gasteiger partial charge in [0.05, 0.1) is 0 Å². The zero-order chi connectivity index (χ0) is 16.8. The quantitative estimate of drug-likeness (QED) is 0.500. The maximum absolute atomic E-state index is 2.50. The molecule has 0 aromatic heterocycles. The molecule has 0 saturated carbocycles. The predicted molar refractivity (Wildman–Crippen MR) is 102 cm³/mol. The van der Waals surface area contributed by atoms with Gasteiger partial charge in [0, 0.05) is 5.41 Å². The first kappa shape index (κ1) is 16.3. The topological polar surface area (TPSA) is 0 Å². The van der Waals surface area contributed by atoms with Gasteiger partial charge in [-0.25, -0.2) is 0 Å². The number of allylic oxidation sites excluding steroid dienone is 6. The molecule has 0 heterocycles. The second-order valence-electron chi connectivity index (χ2n) is 8.29. The zero-order valence-corrected chi connectivity index (χ0v) is 15.5. The number of aryl methyl sites for hydroxylation is 1. The van der Waals surface area contributed by atoms with Crippen LogP contribution in [0.3, 0.4) is 0 Å². The van der Waals surface area contributed by atoms with Gasteiger partial charge in [-0.3, -0.25) is 0 Å². The molecule has 3 rings (SSSR count). The van der Waals surface area contributed by atoms with Gasteiger partial charge in [0.15, 0.2) is 0 Å². The van der Waals surface area contributed by atoms with Gasteiger partial charge in [0.1, 0.15) is 0 Å². The zero-order valence-electron chi connectivity index (χ0n) is 15.5. The first-order chi connectivity index (χ1) is 10.8. The Morgan fingerprint density at radius 1 is 1.00 bits per heavy atom. The van der Waals surface area contributed by atoms with Crippen LogP contribution < -0.4 is 0 Å². The van der Waals surface area contributed by atoms with E-state index in [-0.39, 0.29) is 10.8 Å². The van der Waals surface area contributed by atoms with E-state index < -0.39 is 0 Å². The molecule has 0 saturated heterocycles. The molecule has 2 aliphatic carbocycles. The molecule has 0 bridgehead atoms. The van der Waals surface area contributed by atoms with Gasteiger partial charge < -0.3 is 0 Å². The van der Waals surface area contributed by atoms with Crippen molar-refractivity contribution in [3.8, 4) is 0 Å². The first-order valence-corrected chi connectivity index (χ1v) is 8.94. The predicted octanol–water partition coefficient (Wildman–Crippen LogP) is 6.71. The average Bonchev–Trinajstić information content (AvgIpc) is 2.50. The van der Waals surface area contributed by atoms with E-state index in [9.17, 15) is 0 Å². The molecule has 1 aromatic rings. The largest absolute Gasteiger partial charge is 0.0845 e. The highest BCUT2D eigenvalue weighted by Crippen LogP contribution is 2.63. The highest BCUT2D eigenvalue weighted by molar-refractivity contribution is 5.74. The standard InChI is InChI=1S/C23H30/c1-16-14-19-17(2)12-10-8-7-9-11-13-22(4,5)23(6)18(3)20(15-16)21(19)23/h7-10,12,14-15,18H,11,13H2,1-6H3/b9-7+,10-8-,17-12+. The molecule has 0 nitrogen and oxygen atoms in total. The minimum atomic E-state index is 0.247. The summed E-state index contributed by atoms with van der Waals surface area (Å²) in [5.74, 6) is 0.626. The van der Waals surface area contributed by atoms with E-state index >= 15 is 0 Å². The van der Waals surface area contributed by atoms with Gasteiger partial charge in [0.25, 0.3) is 0 Å². The monoisotopic (exact) mass is 306 g/mol. The van der Waals surface area contributed by atoms with Crippen LogP contribution in [0.15, 0.2) is 42.5 Å². The van der Waals surface area contributed by atoms with Crippen LogP contribution in [0.5, 0.6) is 0 Å². The third-order valence-corrected chi connectivity index (χ3v) is 6.64. The fourth-order valence-electron chi connectivity index (χ4n) is 4.65. The summed E-state index contributed by atoms with van der Waals surface area (Å²) in [6, 6.07) is 4.80. The van der Waals surface area contributed by atoms with Crippen LogP contribution in [0, 0.1) is 12.3 Å². The van der Waals surface area contributed by atoms with E-state index in [0.717, 1.165) is 6.42 Å².